The van der Waals surface area contributed by atoms with Crippen molar-refractivity contribution in [3.63, 3.8) is 0 Å². The molecule has 0 N–H and O–H groups in total. The zero-order chi connectivity index (χ0) is 16.9. The number of thioether (sulfide) groups is 1. The predicted molar refractivity (Wildman–Crippen MR) is 89.5 cm³/mol. The van der Waals surface area contributed by atoms with Crippen molar-refractivity contribution in [3.8, 4) is 0 Å². The summed E-state index contributed by atoms with van der Waals surface area (Å²) in [7, 11) is 0. The Balaban J connectivity index is 1.49. The second-order valence-corrected chi connectivity index (χ2v) is 7.23. The van der Waals surface area contributed by atoms with Crippen LogP contribution in [0.4, 0.5) is 4.39 Å². The van der Waals surface area contributed by atoms with Gasteiger partial charge in [0, 0.05) is 31.7 Å². The van der Waals surface area contributed by atoms with E-state index in [0.29, 0.717) is 37.5 Å². The van der Waals surface area contributed by atoms with E-state index in [9.17, 15) is 14.0 Å². The number of amides is 2. The van der Waals surface area contributed by atoms with Gasteiger partial charge in [0.1, 0.15) is 11.3 Å². The van der Waals surface area contributed by atoms with E-state index in [1.165, 1.54) is 47.4 Å². The lowest BCUT2D eigenvalue weighted by atomic mass is 10.2. The highest BCUT2D eigenvalue weighted by molar-refractivity contribution is 8.01. The van der Waals surface area contributed by atoms with Gasteiger partial charge in [0.25, 0.3) is 5.91 Å². The summed E-state index contributed by atoms with van der Waals surface area (Å²) in [6.07, 6.45) is 0. The predicted octanol–water partition coefficient (Wildman–Crippen LogP) is 1.75. The third-order valence-electron chi connectivity index (χ3n) is 3.67. The first-order chi connectivity index (χ1) is 11.6. The topological polar surface area (TPSA) is 66.4 Å². The molecule has 24 heavy (non-hydrogen) atoms. The van der Waals surface area contributed by atoms with Crippen molar-refractivity contribution in [3.05, 3.63) is 41.2 Å². The highest BCUT2D eigenvalue weighted by Crippen LogP contribution is 2.19. The van der Waals surface area contributed by atoms with Gasteiger partial charge in [-0.2, -0.15) is 0 Å². The first kappa shape index (κ1) is 16.8. The van der Waals surface area contributed by atoms with Gasteiger partial charge in [-0.3, -0.25) is 9.59 Å². The summed E-state index contributed by atoms with van der Waals surface area (Å²) in [6.45, 7) is 1.96. The minimum Gasteiger partial charge on any atom is -0.338 e. The van der Waals surface area contributed by atoms with Gasteiger partial charge in [0.15, 0.2) is 4.34 Å². The Morgan fingerprint density at radius 2 is 1.79 bits per heavy atom. The monoisotopic (exact) mass is 366 g/mol. The van der Waals surface area contributed by atoms with Gasteiger partial charge in [-0.05, 0) is 24.3 Å². The van der Waals surface area contributed by atoms with Crippen LogP contribution in [0, 0.1) is 5.82 Å². The van der Waals surface area contributed by atoms with Crippen LogP contribution in [0.1, 0.15) is 10.4 Å². The van der Waals surface area contributed by atoms with Gasteiger partial charge < -0.3 is 9.80 Å². The van der Waals surface area contributed by atoms with Gasteiger partial charge in [0.2, 0.25) is 5.91 Å². The minimum atomic E-state index is -0.366. The Bertz CT molecular complexity index is 701. The maximum absolute atomic E-state index is 12.9. The van der Waals surface area contributed by atoms with E-state index in [4.69, 9.17) is 0 Å². The molecular formula is C15H15FN4O2S2. The largest absolute Gasteiger partial charge is 0.338 e. The van der Waals surface area contributed by atoms with Gasteiger partial charge in [-0.1, -0.05) is 23.1 Å². The molecule has 1 aromatic heterocycles. The van der Waals surface area contributed by atoms with Crippen LogP contribution < -0.4 is 0 Å². The van der Waals surface area contributed by atoms with E-state index in [2.05, 4.69) is 10.2 Å². The molecular weight excluding hydrogens is 351 g/mol. The van der Waals surface area contributed by atoms with E-state index in [1.807, 2.05) is 0 Å². The Labute approximate surface area is 146 Å². The lowest BCUT2D eigenvalue weighted by molar-refractivity contribution is -0.129. The highest BCUT2D eigenvalue weighted by Gasteiger charge is 2.25. The molecule has 0 bridgehead atoms. The zero-order valence-corrected chi connectivity index (χ0v) is 14.4. The molecule has 0 radical (unpaired) electrons. The summed E-state index contributed by atoms with van der Waals surface area (Å²) in [5, 5.41) is 7.62. The molecule has 2 heterocycles. The minimum absolute atomic E-state index is 0.0316. The Hall–Kier alpha value is -2.00. The van der Waals surface area contributed by atoms with Crippen LogP contribution in [-0.2, 0) is 4.79 Å². The summed E-state index contributed by atoms with van der Waals surface area (Å²) in [6, 6.07) is 5.51. The van der Waals surface area contributed by atoms with Crippen molar-refractivity contribution in [1.82, 2.24) is 20.0 Å². The van der Waals surface area contributed by atoms with Crippen molar-refractivity contribution in [2.45, 2.75) is 4.34 Å². The molecule has 0 spiro atoms. The van der Waals surface area contributed by atoms with Crippen LogP contribution in [0.2, 0.25) is 0 Å². The van der Waals surface area contributed by atoms with Crippen molar-refractivity contribution >= 4 is 34.9 Å². The van der Waals surface area contributed by atoms with Crippen LogP contribution in [0.5, 0.6) is 0 Å². The average molecular weight is 366 g/mol. The van der Waals surface area contributed by atoms with E-state index in [0.717, 1.165) is 4.34 Å². The fourth-order valence-electron chi connectivity index (χ4n) is 2.37. The molecule has 9 heteroatoms. The van der Waals surface area contributed by atoms with E-state index >= 15 is 0 Å². The molecule has 2 amide bonds. The van der Waals surface area contributed by atoms with Crippen molar-refractivity contribution in [2.75, 3.05) is 31.9 Å². The molecule has 126 valence electrons. The molecule has 2 aromatic rings. The molecule has 0 atom stereocenters. The normalized spacial score (nSPS) is 14.7. The second kappa shape index (κ2) is 7.71. The molecule has 1 saturated heterocycles. The zero-order valence-electron chi connectivity index (χ0n) is 12.7. The van der Waals surface area contributed by atoms with Crippen LogP contribution in [0.25, 0.3) is 0 Å². The van der Waals surface area contributed by atoms with Crippen molar-refractivity contribution in [2.24, 2.45) is 0 Å². The Morgan fingerprint density at radius 1 is 1.12 bits per heavy atom. The number of nitrogens with zero attached hydrogens (tertiary/aromatic N) is 4. The highest BCUT2D eigenvalue weighted by atomic mass is 32.2. The molecule has 1 aliphatic rings. The maximum atomic E-state index is 12.9. The van der Waals surface area contributed by atoms with Crippen LogP contribution >= 0.6 is 23.1 Å². The first-order valence-electron chi connectivity index (χ1n) is 7.35. The molecule has 1 fully saturated rings. The molecule has 1 aromatic carbocycles. The quantitative estimate of drug-likeness (QED) is 0.772. The molecule has 3 rings (SSSR count). The summed E-state index contributed by atoms with van der Waals surface area (Å²) < 4.78 is 13.7. The number of carbonyl (C=O) groups is 2. The number of hydrogen-bond acceptors (Lipinski definition) is 6. The van der Waals surface area contributed by atoms with Crippen LogP contribution in [0.15, 0.2) is 34.1 Å². The Kier molecular flexibility index (Phi) is 5.41. The van der Waals surface area contributed by atoms with Crippen LogP contribution in [-0.4, -0.2) is 63.7 Å². The van der Waals surface area contributed by atoms with Crippen molar-refractivity contribution in [1.29, 1.82) is 0 Å². The standard InChI is InChI=1S/C15H15FN4O2S2/c16-12-3-1-11(2-4-12)14(22)20-7-5-19(6-8-20)13(21)9-23-15-18-17-10-24-15/h1-4,10H,5-9H2. The molecule has 6 nitrogen and oxygen atoms in total. The molecule has 0 aliphatic carbocycles. The number of aromatic nitrogens is 2. The SMILES string of the molecule is O=C(CSc1nncs1)N1CCN(C(=O)c2ccc(F)cc2)CC1. The van der Waals surface area contributed by atoms with Gasteiger partial charge in [0.05, 0.1) is 5.75 Å². The summed E-state index contributed by atoms with van der Waals surface area (Å²) in [4.78, 5) is 28.0. The van der Waals surface area contributed by atoms with Crippen molar-refractivity contribution < 1.29 is 14.0 Å². The number of hydrogen-bond donors (Lipinski definition) is 0. The number of piperazine rings is 1. The fraction of sp³-hybridized carbons (Fsp3) is 0.333. The van der Waals surface area contributed by atoms with Gasteiger partial charge >= 0.3 is 0 Å². The number of rotatable bonds is 4. The lowest BCUT2D eigenvalue weighted by Crippen LogP contribution is -2.51. The summed E-state index contributed by atoms with van der Waals surface area (Å²) >= 11 is 2.78. The van der Waals surface area contributed by atoms with Crippen LogP contribution in [0.3, 0.4) is 0 Å². The third-order valence-corrected chi connectivity index (χ3v) is 5.52. The van der Waals surface area contributed by atoms with E-state index in [1.54, 1.807) is 15.3 Å². The smallest absolute Gasteiger partial charge is 0.253 e. The molecule has 0 saturated carbocycles. The average Bonchev–Trinajstić information content (AvgIpc) is 3.13. The molecule has 0 unspecified atom stereocenters. The first-order valence-corrected chi connectivity index (χ1v) is 9.21. The summed E-state index contributed by atoms with van der Waals surface area (Å²) in [5.74, 6) is -0.148. The maximum Gasteiger partial charge on any atom is 0.253 e. The number of halogens is 1. The van der Waals surface area contributed by atoms with Gasteiger partial charge in [-0.15, -0.1) is 10.2 Å². The number of benzene rings is 1. The second-order valence-electron chi connectivity index (χ2n) is 5.17. The molecule has 1 aliphatic heterocycles. The third kappa shape index (κ3) is 4.09. The number of carbonyl (C=O) groups excluding carboxylic acids is 2. The fourth-order valence-corrected chi connectivity index (χ4v) is 3.77. The summed E-state index contributed by atoms with van der Waals surface area (Å²) in [5.41, 5.74) is 2.09. The van der Waals surface area contributed by atoms with E-state index < -0.39 is 0 Å². The van der Waals surface area contributed by atoms with Gasteiger partial charge in [-0.25, -0.2) is 4.39 Å². The lowest BCUT2D eigenvalue weighted by Gasteiger charge is -2.34. The Morgan fingerprint density at radius 3 is 2.42 bits per heavy atom. The van der Waals surface area contributed by atoms with E-state index in [-0.39, 0.29) is 17.6 Å².